The molecule has 0 saturated heterocycles. The second kappa shape index (κ2) is 19.9. The van der Waals surface area contributed by atoms with E-state index in [0.29, 0.717) is 47.3 Å². The summed E-state index contributed by atoms with van der Waals surface area (Å²) < 4.78 is 0. The molecule has 4 atom stereocenters. The van der Waals surface area contributed by atoms with Gasteiger partial charge in [0.2, 0.25) is 0 Å². The second-order valence-electron chi connectivity index (χ2n) is 25.4. The molecular weight excluding hydrogens is 872 g/mol. The Hall–Kier alpha value is -1.74. The first-order valence-electron chi connectivity index (χ1n) is 28.1. The molecule has 14 aliphatic rings. The Morgan fingerprint density at radius 1 is 0.431 bits per heavy atom. The van der Waals surface area contributed by atoms with Crippen LogP contribution in [0.4, 0.5) is 0 Å². The molecule has 12 saturated carbocycles. The molecule has 65 heavy (non-hydrogen) atoms. The van der Waals surface area contributed by atoms with Crippen LogP contribution < -0.4 is 10.6 Å². The average molecular weight is 959 g/mol. The summed E-state index contributed by atoms with van der Waals surface area (Å²) in [7, 11) is 0. The molecule has 0 amide bonds. The maximum atomic E-state index is 14.0. The Bertz CT molecular complexity index is 1750. The molecule has 0 aliphatic heterocycles. The van der Waals surface area contributed by atoms with Crippen LogP contribution in [-0.4, -0.2) is 23.7 Å². The Kier molecular flexibility index (Phi) is 14.4. The van der Waals surface area contributed by atoms with Gasteiger partial charge in [0.1, 0.15) is 0 Å². The van der Waals surface area contributed by atoms with Crippen LogP contribution in [0.3, 0.4) is 0 Å². The zero-order valence-corrected chi connectivity index (χ0v) is 43.4. The van der Waals surface area contributed by atoms with E-state index in [1.807, 2.05) is 0 Å². The minimum atomic E-state index is 0. The summed E-state index contributed by atoms with van der Waals surface area (Å²) in [5.41, 5.74) is 7.75. The SMILES string of the molecule is CC1CCCCC1N/C=C1\C=C(C2CCCCC2)C=C(C23CC4CC(CC(C4)C2)C3)C1=O.CC1CCCCC1N/C=C1\C=C(C2CCCCC2)C=C(C23CC4CC(CC(C4)C2)C3)C1=O.[Zr]. The van der Waals surface area contributed by atoms with E-state index < -0.39 is 0 Å². The standard InChI is InChI=1S/2C30H43NO.Zr/c2*1-20-7-5-6-10-28(20)31-19-26-14-25(24-8-3-2-4-9-24)15-27(29(26)32)30-16-21-11-22(17-30)13-23(12-21)18-30;/h2*14-15,19-24,28,31H,2-13,16-18H2,1H3;/b2*26-19+;. The molecule has 0 aromatic rings. The van der Waals surface area contributed by atoms with Gasteiger partial charge in [-0.1, -0.05) is 90.2 Å². The maximum Gasteiger partial charge on any atom is 0.191 e. The van der Waals surface area contributed by atoms with Gasteiger partial charge >= 0.3 is 0 Å². The molecule has 12 fully saturated rings. The van der Waals surface area contributed by atoms with Crippen LogP contribution in [0.25, 0.3) is 0 Å². The van der Waals surface area contributed by atoms with Gasteiger partial charge in [-0.05, 0) is 222 Å². The number of hydrogen-bond acceptors (Lipinski definition) is 4. The number of rotatable bonds is 8. The zero-order chi connectivity index (χ0) is 43.4. The van der Waals surface area contributed by atoms with Gasteiger partial charge < -0.3 is 10.6 Å². The number of Topliss-reactive ketones (excluding diaryl/α,β-unsaturated/α-hetero) is 2. The molecule has 0 radical (unpaired) electrons. The summed E-state index contributed by atoms with van der Waals surface area (Å²) in [6, 6.07) is 1.06. The molecule has 0 aromatic carbocycles. The van der Waals surface area contributed by atoms with Crippen molar-refractivity contribution in [1.82, 2.24) is 10.6 Å². The van der Waals surface area contributed by atoms with E-state index in [1.165, 1.54) is 215 Å². The first kappa shape index (κ1) is 47.0. The van der Waals surface area contributed by atoms with E-state index >= 15 is 0 Å². The molecule has 0 aromatic heterocycles. The summed E-state index contributed by atoms with van der Waals surface area (Å²) in [5.74, 6) is 8.76. The molecule has 0 spiro atoms. The monoisotopic (exact) mass is 957 g/mol. The van der Waals surface area contributed by atoms with Crippen LogP contribution in [0.1, 0.15) is 206 Å². The van der Waals surface area contributed by atoms with E-state index in [1.54, 1.807) is 0 Å². The number of hydrogen-bond donors (Lipinski definition) is 2. The Morgan fingerprint density at radius 2 is 0.738 bits per heavy atom. The molecule has 14 rings (SSSR count). The van der Waals surface area contributed by atoms with Gasteiger partial charge in [-0.25, -0.2) is 0 Å². The fourth-order valence-electron chi connectivity index (χ4n) is 18.1. The van der Waals surface area contributed by atoms with Crippen LogP contribution >= 0.6 is 0 Å². The molecule has 8 bridgehead atoms. The van der Waals surface area contributed by atoms with Crippen LogP contribution in [0.5, 0.6) is 0 Å². The van der Waals surface area contributed by atoms with Crippen molar-refractivity contribution >= 4 is 11.6 Å². The van der Waals surface area contributed by atoms with Gasteiger partial charge in [-0.3, -0.25) is 9.59 Å². The summed E-state index contributed by atoms with van der Waals surface area (Å²) >= 11 is 0. The van der Waals surface area contributed by atoms with E-state index in [9.17, 15) is 9.59 Å². The van der Waals surface area contributed by atoms with Crippen LogP contribution in [-0.2, 0) is 35.8 Å². The van der Waals surface area contributed by atoms with Gasteiger partial charge in [0.05, 0.1) is 0 Å². The predicted octanol–water partition coefficient (Wildman–Crippen LogP) is 14.5. The van der Waals surface area contributed by atoms with Gasteiger partial charge in [0.25, 0.3) is 0 Å². The number of carbonyl (C=O) groups excluding carboxylic acids is 2. The van der Waals surface area contributed by atoms with Crippen molar-refractivity contribution in [2.75, 3.05) is 0 Å². The van der Waals surface area contributed by atoms with E-state index in [-0.39, 0.29) is 37.0 Å². The molecule has 2 N–H and O–H groups in total. The fourth-order valence-corrected chi connectivity index (χ4v) is 18.1. The first-order valence-corrected chi connectivity index (χ1v) is 28.1. The largest absolute Gasteiger partial charge is 0.387 e. The summed E-state index contributed by atoms with van der Waals surface area (Å²) in [6.45, 7) is 4.75. The van der Waals surface area contributed by atoms with Crippen molar-refractivity contribution in [3.8, 4) is 0 Å². The summed E-state index contributed by atoms with van der Waals surface area (Å²) in [6.07, 6.45) is 54.0. The number of nitrogens with one attached hydrogen (secondary N) is 2. The van der Waals surface area contributed by atoms with Crippen molar-refractivity contribution in [2.45, 2.75) is 219 Å². The molecule has 4 unspecified atom stereocenters. The normalized spacial score (nSPS) is 42.7. The quantitative estimate of drug-likeness (QED) is 0.238. The van der Waals surface area contributed by atoms with Crippen molar-refractivity contribution < 1.29 is 35.8 Å². The minimum absolute atomic E-state index is 0. The number of ketones is 2. The van der Waals surface area contributed by atoms with Crippen LogP contribution in [0.15, 0.2) is 70.1 Å². The van der Waals surface area contributed by atoms with Gasteiger partial charge in [-0.2, -0.15) is 0 Å². The molecule has 0 heterocycles. The minimum Gasteiger partial charge on any atom is -0.387 e. The third kappa shape index (κ3) is 9.75. The fraction of sp³-hybridized carbons (Fsp3) is 0.767. The smallest absolute Gasteiger partial charge is 0.191 e. The first-order chi connectivity index (χ1) is 31.2. The maximum absolute atomic E-state index is 14.0. The molecule has 5 heteroatoms. The topological polar surface area (TPSA) is 58.2 Å². The van der Waals surface area contributed by atoms with Crippen LogP contribution in [0.2, 0.25) is 0 Å². The van der Waals surface area contributed by atoms with Crippen molar-refractivity contribution in [1.29, 1.82) is 0 Å². The summed E-state index contributed by atoms with van der Waals surface area (Å²) in [5, 5.41) is 7.47. The molecule has 352 valence electrons. The average Bonchev–Trinajstić information content (AvgIpc) is 3.29. The third-order valence-corrected chi connectivity index (χ3v) is 20.8. The molecular formula is C60H86N2O2Zr. The van der Waals surface area contributed by atoms with Gasteiger partial charge in [-0.15, -0.1) is 0 Å². The Balaban J connectivity index is 0.000000151. The molecule has 4 nitrogen and oxygen atoms in total. The second-order valence-corrected chi connectivity index (χ2v) is 25.4. The van der Waals surface area contributed by atoms with Gasteiger partial charge in [0.15, 0.2) is 11.6 Å². The predicted molar refractivity (Wildman–Crippen MR) is 262 cm³/mol. The Labute approximate surface area is 414 Å². The number of allylic oxidation sites excluding steroid dienone is 10. The van der Waals surface area contributed by atoms with E-state index in [2.05, 4.69) is 61.2 Å². The van der Waals surface area contributed by atoms with Crippen molar-refractivity contribution in [2.24, 2.45) is 70.0 Å². The van der Waals surface area contributed by atoms with E-state index in [4.69, 9.17) is 0 Å². The molecule has 14 aliphatic carbocycles. The van der Waals surface area contributed by atoms with E-state index in [0.717, 1.165) is 46.7 Å². The Morgan fingerprint density at radius 3 is 1.06 bits per heavy atom. The van der Waals surface area contributed by atoms with Gasteiger partial charge in [0, 0.05) is 73.0 Å². The van der Waals surface area contributed by atoms with Crippen molar-refractivity contribution in [3.05, 3.63) is 70.1 Å². The zero-order valence-electron chi connectivity index (χ0n) is 40.9. The number of carbonyl (C=O) groups is 2. The summed E-state index contributed by atoms with van der Waals surface area (Å²) in [4.78, 5) is 28.0. The van der Waals surface area contributed by atoms with Crippen LogP contribution in [0, 0.1) is 70.0 Å². The third-order valence-electron chi connectivity index (χ3n) is 20.8. The van der Waals surface area contributed by atoms with Crippen molar-refractivity contribution in [3.63, 3.8) is 0 Å².